The monoisotopic (exact) mass is 322 g/mol. The maximum absolute atomic E-state index is 10.6. The maximum Gasteiger partial charge on any atom is 0.270 e. The molecule has 0 aliphatic rings. The van der Waals surface area contributed by atoms with E-state index in [4.69, 9.17) is 0 Å². The minimum Gasteiger partial charge on any atom is -0.508 e. The minimum absolute atomic E-state index is 0.0368. The molecule has 0 aliphatic heterocycles. The summed E-state index contributed by atoms with van der Waals surface area (Å²) in [6, 6.07) is 11.4. The summed E-state index contributed by atoms with van der Waals surface area (Å²) in [6.07, 6.45) is 0. The molecule has 6 heteroatoms. The number of hydrogen-bond donors (Lipinski definition) is 2. The van der Waals surface area contributed by atoms with E-state index in [0.717, 1.165) is 11.3 Å². The molecule has 2 N–H and O–H groups in total. The highest BCUT2D eigenvalue weighted by Crippen LogP contribution is 2.27. The zero-order valence-electron chi connectivity index (χ0n) is 9.84. The molecule has 0 unspecified atom stereocenters. The Morgan fingerprint density at radius 3 is 2.68 bits per heavy atom. The maximum atomic E-state index is 10.6. The van der Waals surface area contributed by atoms with Crippen LogP contribution in [0.3, 0.4) is 0 Å². The number of phenolic OH excluding ortho intramolecular Hbond substituents is 1. The van der Waals surface area contributed by atoms with E-state index in [1.54, 1.807) is 24.3 Å². The van der Waals surface area contributed by atoms with Gasteiger partial charge in [0.05, 0.1) is 4.92 Å². The van der Waals surface area contributed by atoms with Gasteiger partial charge < -0.3 is 10.4 Å². The molecule has 0 saturated heterocycles. The number of rotatable bonds is 4. The number of benzene rings is 2. The van der Waals surface area contributed by atoms with Crippen LogP contribution in [0.2, 0.25) is 0 Å². The summed E-state index contributed by atoms with van der Waals surface area (Å²) in [5.41, 5.74) is 1.72. The average molecular weight is 323 g/mol. The molecule has 98 valence electrons. The lowest BCUT2D eigenvalue weighted by molar-refractivity contribution is -0.384. The summed E-state index contributed by atoms with van der Waals surface area (Å²) in [7, 11) is 0. The van der Waals surface area contributed by atoms with Crippen LogP contribution in [0.15, 0.2) is 46.9 Å². The largest absolute Gasteiger partial charge is 0.508 e. The van der Waals surface area contributed by atoms with Crippen LogP contribution in [-0.2, 0) is 6.54 Å². The Balaban J connectivity index is 2.10. The number of nitrogens with one attached hydrogen (secondary N) is 1. The van der Waals surface area contributed by atoms with Gasteiger partial charge in [-0.1, -0.05) is 12.1 Å². The molecule has 2 aromatic carbocycles. The van der Waals surface area contributed by atoms with Crippen molar-refractivity contribution in [2.75, 3.05) is 5.32 Å². The second-order valence-electron chi connectivity index (χ2n) is 3.94. The van der Waals surface area contributed by atoms with E-state index in [9.17, 15) is 15.2 Å². The molecule has 0 fully saturated rings. The third-order valence-corrected chi connectivity index (χ3v) is 3.21. The zero-order valence-corrected chi connectivity index (χ0v) is 11.4. The molecule has 2 aromatic rings. The molecule has 0 heterocycles. The molecule has 5 nitrogen and oxygen atoms in total. The van der Waals surface area contributed by atoms with E-state index in [2.05, 4.69) is 21.2 Å². The fourth-order valence-electron chi connectivity index (χ4n) is 1.62. The lowest BCUT2D eigenvalue weighted by atomic mass is 10.2. The van der Waals surface area contributed by atoms with Crippen molar-refractivity contribution in [3.05, 3.63) is 62.6 Å². The van der Waals surface area contributed by atoms with Crippen molar-refractivity contribution in [3.8, 4) is 5.75 Å². The van der Waals surface area contributed by atoms with Crippen LogP contribution in [0.5, 0.6) is 5.75 Å². The Bertz CT molecular complexity index is 617. The van der Waals surface area contributed by atoms with Gasteiger partial charge in [-0.15, -0.1) is 0 Å². The van der Waals surface area contributed by atoms with Crippen LogP contribution in [0, 0.1) is 10.1 Å². The van der Waals surface area contributed by atoms with E-state index in [1.807, 2.05) is 6.07 Å². The molecular formula is C13H11BrN2O3. The molecule has 2 rings (SSSR count). The fourth-order valence-corrected chi connectivity index (χ4v) is 2.13. The number of non-ortho nitro benzene ring substituents is 1. The number of aromatic hydroxyl groups is 1. The van der Waals surface area contributed by atoms with Gasteiger partial charge in [0.2, 0.25) is 0 Å². The highest BCUT2D eigenvalue weighted by Gasteiger charge is 2.08. The van der Waals surface area contributed by atoms with Gasteiger partial charge in [-0.3, -0.25) is 10.1 Å². The van der Waals surface area contributed by atoms with Crippen LogP contribution >= 0.6 is 15.9 Å². The molecule has 0 saturated carbocycles. The molecule has 0 spiro atoms. The summed E-state index contributed by atoms with van der Waals surface area (Å²) >= 11 is 3.29. The van der Waals surface area contributed by atoms with Gasteiger partial charge >= 0.3 is 0 Å². The Kier molecular flexibility index (Phi) is 4.01. The van der Waals surface area contributed by atoms with E-state index in [0.29, 0.717) is 11.0 Å². The molecule has 0 bridgehead atoms. The first-order chi connectivity index (χ1) is 9.06. The number of phenols is 1. The second kappa shape index (κ2) is 5.71. The fraction of sp³-hybridized carbons (Fsp3) is 0.0769. The van der Waals surface area contributed by atoms with Crippen LogP contribution in [0.1, 0.15) is 5.56 Å². The van der Waals surface area contributed by atoms with Gasteiger partial charge in [-0.25, -0.2) is 0 Å². The topological polar surface area (TPSA) is 75.4 Å². The van der Waals surface area contributed by atoms with Gasteiger partial charge in [-0.05, 0) is 39.7 Å². The first-order valence-corrected chi connectivity index (χ1v) is 6.31. The van der Waals surface area contributed by atoms with E-state index in [-0.39, 0.29) is 11.4 Å². The van der Waals surface area contributed by atoms with Gasteiger partial charge in [-0.2, -0.15) is 0 Å². The van der Waals surface area contributed by atoms with E-state index in [1.165, 1.54) is 12.1 Å². The molecule has 0 aliphatic carbocycles. The van der Waals surface area contributed by atoms with Gasteiger partial charge in [0.15, 0.2) is 0 Å². The van der Waals surface area contributed by atoms with Crippen molar-refractivity contribution >= 4 is 27.3 Å². The predicted molar refractivity (Wildman–Crippen MR) is 76.2 cm³/mol. The van der Waals surface area contributed by atoms with Crippen molar-refractivity contribution in [3.63, 3.8) is 0 Å². The highest BCUT2D eigenvalue weighted by molar-refractivity contribution is 9.10. The van der Waals surface area contributed by atoms with Crippen molar-refractivity contribution in [1.82, 2.24) is 0 Å². The zero-order chi connectivity index (χ0) is 13.8. The number of anilines is 1. The van der Waals surface area contributed by atoms with Crippen LogP contribution in [0.25, 0.3) is 0 Å². The summed E-state index contributed by atoms with van der Waals surface area (Å²) in [5.74, 6) is 0.210. The SMILES string of the molecule is O=[N+]([O-])c1ccc(NCc2cccc(O)c2)c(Br)c1. The number of nitro groups is 1. The normalized spacial score (nSPS) is 10.2. The third kappa shape index (κ3) is 3.45. The van der Waals surface area contributed by atoms with Crippen molar-refractivity contribution in [1.29, 1.82) is 0 Å². The molecule has 0 radical (unpaired) electrons. The first-order valence-electron chi connectivity index (χ1n) is 5.52. The number of hydrogen-bond acceptors (Lipinski definition) is 4. The Hall–Kier alpha value is -2.08. The predicted octanol–water partition coefficient (Wildman–Crippen LogP) is 3.68. The molecule has 19 heavy (non-hydrogen) atoms. The summed E-state index contributed by atoms with van der Waals surface area (Å²) in [6.45, 7) is 0.519. The van der Waals surface area contributed by atoms with E-state index < -0.39 is 4.92 Å². The molecule has 0 aromatic heterocycles. The Labute approximate surface area is 118 Å². The molecular weight excluding hydrogens is 312 g/mol. The number of nitrogens with zero attached hydrogens (tertiary/aromatic N) is 1. The summed E-state index contributed by atoms with van der Waals surface area (Å²) in [5, 5.41) is 23.1. The van der Waals surface area contributed by atoms with E-state index >= 15 is 0 Å². The van der Waals surface area contributed by atoms with Crippen molar-refractivity contribution < 1.29 is 10.0 Å². The Morgan fingerprint density at radius 1 is 1.26 bits per heavy atom. The molecule has 0 atom stereocenters. The highest BCUT2D eigenvalue weighted by atomic mass is 79.9. The summed E-state index contributed by atoms with van der Waals surface area (Å²) in [4.78, 5) is 10.2. The first kappa shape index (κ1) is 13.4. The van der Waals surface area contributed by atoms with Crippen LogP contribution in [0.4, 0.5) is 11.4 Å². The average Bonchev–Trinajstić information content (AvgIpc) is 2.37. The van der Waals surface area contributed by atoms with Gasteiger partial charge in [0.25, 0.3) is 5.69 Å². The smallest absolute Gasteiger partial charge is 0.270 e. The summed E-state index contributed by atoms with van der Waals surface area (Å²) < 4.78 is 0.627. The third-order valence-electron chi connectivity index (χ3n) is 2.56. The quantitative estimate of drug-likeness (QED) is 0.665. The lowest BCUT2D eigenvalue weighted by Crippen LogP contribution is -2.00. The second-order valence-corrected chi connectivity index (χ2v) is 4.80. The van der Waals surface area contributed by atoms with Crippen molar-refractivity contribution in [2.24, 2.45) is 0 Å². The molecule has 0 amide bonds. The lowest BCUT2D eigenvalue weighted by Gasteiger charge is -2.08. The van der Waals surface area contributed by atoms with Gasteiger partial charge in [0.1, 0.15) is 5.75 Å². The van der Waals surface area contributed by atoms with Crippen molar-refractivity contribution in [2.45, 2.75) is 6.54 Å². The minimum atomic E-state index is -0.441. The number of halogens is 1. The standard InChI is InChI=1S/C13H11BrN2O3/c14-12-7-10(16(18)19)4-5-13(12)15-8-9-2-1-3-11(17)6-9/h1-7,15,17H,8H2. The van der Waals surface area contributed by atoms with Gasteiger partial charge in [0, 0.05) is 28.8 Å². The van der Waals surface area contributed by atoms with Crippen LogP contribution in [-0.4, -0.2) is 10.0 Å². The number of nitro benzene ring substituents is 1. The van der Waals surface area contributed by atoms with Crippen LogP contribution < -0.4 is 5.32 Å². The Morgan fingerprint density at radius 2 is 2.05 bits per heavy atom.